The highest BCUT2D eigenvalue weighted by molar-refractivity contribution is 5.90. The zero-order valence-corrected chi connectivity index (χ0v) is 13.1. The Bertz CT molecular complexity index is 525. The number of hydrogen-bond acceptors (Lipinski definition) is 4. The van der Waals surface area contributed by atoms with Gasteiger partial charge in [-0.2, -0.15) is 0 Å². The molecule has 0 aliphatic carbocycles. The number of hydrogen-bond donors (Lipinski definition) is 1. The molecule has 1 atom stereocenters. The Morgan fingerprint density at radius 2 is 1.91 bits per heavy atom. The maximum absolute atomic E-state index is 12.3. The van der Waals surface area contributed by atoms with Gasteiger partial charge in [-0.1, -0.05) is 0 Å². The van der Waals surface area contributed by atoms with Crippen molar-refractivity contribution in [3.8, 4) is 11.5 Å². The number of rotatable bonds is 4. The van der Waals surface area contributed by atoms with Crippen LogP contribution in [0.4, 0.5) is 0 Å². The highest BCUT2D eigenvalue weighted by Gasteiger charge is 2.21. The summed E-state index contributed by atoms with van der Waals surface area (Å²) >= 11 is 0. The van der Waals surface area contributed by atoms with Crippen LogP contribution in [0.3, 0.4) is 0 Å². The Hall–Kier alpha value is -1.75. The Morgan fingerprint density at radius 1 is 1.18 bits per heavy atom. The van der Waals surface area contributed by atoms with E-state index in [-0.39, 0.29) is 12.1 Å². The first-order valence-electron chi connectivity index (χ1n) is 8.16. The predicted octanol–water partition coefficient (Wildman–Crippen LogP) is 1.07. The van der Waals surface area contributed by atoms with E-state index < -0.39 is 0 Å². The van der Waals surface area contributed by atoms with Crippen molar-refractivity contribution < 1.29 is 23.9 Å². The Labute approximate surface area is 131 Å². The molecule has 120 valence electrons. The molecule has 1 saturated heterocycles. The predicted molar refractivity (Wildman–Crippen MR) is 81.7 cm³/mol. The van der Waals surface area contributed by atoms with Crippen molar-refractivity contribution >= 4 is 5.97 Å². The van der Waals surface area contributed by atoms with Gasteiger partial charge in [-0.3, -0.25) is 0 Å². The number of fused-ring (bicyclic) bond motifs is 1. The van der Waals surface area contributed by atoms with Gasteiger partial charge >= 0.3 is 5.97 Å². The number of carbonyl (C=O) groups excluding carboxylic acids is 1. The minimum atomic E-state index is -0.291. The van der Waals surface area contributed by atoms with E-state index in [0.29, 0.717) is 30.3 Å². The molecule has 2 aliphatic heterocycles. The molecule has 0 spiro atoms. The van der Waals surface area contributed by atoms with Gasteiger partial charge in [0.05, 0.1) is 18.7 Å². The van der Waals surface area contributed by atoms with E-state index in [0.717, 1.165) is 6.54 Å². The summed E-state index contributed by atoms with van der Waals surface area (Å²) in [5.41, 5.74) is 0.518. The fourth-order valence-electron chi connectivity index (χ4n) is 3.13. The molecule has 0 radical (unpaired) electrons. The van der Waals surface area contributed by atoms with E-state index in [1.807, 2.05) is 6.92 Å². The average molecular weight is 306 g/mol. The lowest BCUT2D eigenvalue weighted by molar-refractivity contribution is -0.907. The number of carbonyl (C=O) groups is 1. The Kier molecular flexibility index (Phi) is 4.83. The molecule has 2 heterocycles. The van der Waals surface area contributed by atoms with Gasteiger partial charge in [-0.05, 0) is 44.4 Å². The molecule has 1 unspecified atom stereocenters. The van der Waals surface area contributed by atoms with Crippen LogP contribution >= 0.6 is 0 Å². The maximum Gasteiger partial charge on any atom is 0.338 e. The smallest absolute Gasteiger partial charge is 0.338 e. The molecular weight excluding hydrogens is 282 g/mol. The number of quaternary nitrogens is 1. The van der Waals surface area contributed by atoms with E-state index >= 15 is 0 Å². The van der Waals surface area contributed by atoms with E-state index in [1.165, 1.54) is 37.3 Å². The van der Waals surface area contributed by atoms with Crippen molar-refractivity contribution in [2.45, 2.75) is 32.3 Å². The fraction of sp³-hybridized carbons (Fsp3) is 0.588. The molecule has 0 bridgehead atoms. The molecule has 22 heavy (non-hydrogen) atoms. The second-order valence-electron chi connectivity index (χ2n) is 6.09. The van der Waals surface area contributed by atoms with Gasteiger partial charge < -0.3 is 19.1 Å². The molecule has 1 fully saturated rings. The highest BCUT2D eigenvalue weighted by Crippen LogP contribution is 2.30. The lowest BCUT2D eigenvalue weighted by Crippen LogP contribution is -3.13. The summed E-state index contributed by atoms with van der Waals surface area (Å²) in [6, 6.07) is 5.21. The third kappa shape index (κ3) is 3.71. The third-order valence-corrected chi connectivity index (χ3v) is 4.22. The average Bonchev–Trinajstić information content (AvgIpc) is 2.55. The molecule has 3 rings (SSSR count). The van der Waals surface area contributed by atoms with Crippen LogP contribution in [0.5, 0.6) is 11.5 Å². The fourth-order valence-corrected chi connectivity index (χ4v) is 3.13. The highest BCUT2D eigenvalue weighted by atomic mass is 16.6. The molecular formula is C17H24NO4+. The van der Waals surface area contributed by atoms with Crippen molar-refractivity contribution in [2.24, 2.45) is 0 Å². The van der Waals surface area contributed by atoms with E-state index in [4.69, 9.17) is 14.2 Å². The number of ether oxygens (including phenoxy) is 3. The monoisotopic (exact) mass is 306 g/mol. The summed E-state index contributed by atoms with van der Waals surface area (Å²) in [6.45, 7) is 6.29. The van der Waals surface area contributed by atoms with Crippen LogP contribution in [0.2, 0.25) is 0 Å². The van der Waals surface area contributed by atoms with Crippen molar-refractivity contribution in [1.82, 2.24) is 0 Å². The molecule has 1 aromatic carbocycles. The molecule has 0 aromatic heterocycles. The van der Waals surface area contributed by atoms with Crippen LogP contribution in [0, 0.1) is 0 Å². The number of likely N-dealkylation sites (tertiary alicyclic amines) is 1. The Balaban J connectivity index is 1.56. The van der Waals surface area contributed by atoms with Crippen LogP contribution in [0.25, 0.3) is 0 Å². The summed E-state index contributed by atoms with van der Waals surface area (Å²) < 4.78 is 16.5. The quantitative estimate of drug-likeness (QED) is 0.846. The van der Waals surface area contributed by atoms with Gasteiger partial charge in [0, 0.05) is 0 Å². The summed E-state index contributed by atoms with van der Waals surface area (Å²) in [5.74, 6) is 1.02. The van der Waals surface area contributed by atoms with Crippen LogP contribution in [0.1, 0.15) is 36.5 Å². The SMILES string of the molecule is CC(C[NH+]1CCCCC1)OC(=O)c1ccc2c(c1)OCCO2. The number of nitrogens with one attached hydrogen (secondary N) is 1. The third-order valence-electron chi connectivity index (χ3n) is 4.22. The minimum Gasteiger partial charge on any atom is -0.486 e. The zero-order chi connectivity index (χ0) is 15.4. The number of esters is 1. The van der Waals surface area contributed by atoms with Crippen molar-refractivity contribution in [1.29, 1.82) is 0 Å². The molecule has 2 aliphatic rings. The first-order valence-corrected chi connectivity index (χ1v) is 8.16. The molecule has 5 nitrogen and oxygen atoms in total. The van der Waals surface area contributed by atoms with Gasteiger partial charge in [0.2, 0.25) is 0 Å². The largest absolute Gasteiger partial charge is 0.486 e. The Morgan fingerprint density at radius 3 is 2.68 bits per heavy atom. The summed E-state index contributed by atoms with van der Waals surface area (Å²) in [5, 5.41) is 0. The molecule has 1 aromatic rings. The van der Waals surface area contributed by atoms with Gasteiger partial charge in [0.25, 0.3) is 0 Å². The maximum atomic E-state index is 12.3. The van der Waals surface area contributed by atoms with Gasteiger partial charge in [-0.15, -0.1) is 0 Å². The second-order valence-corrected chi connectivity index (χ2v) is 6.09. The first kappa shape index (κ1) is 15.2. The van der Waals surface area contributed by atoms with Crippen LogP contribution in [-0.2, 0) is 4.74 Å². The van der Waals surface area contributed by atoms with E-state index in [2.05, 4.69) is 0 Å². The molecule has 5 heteroatoms. The lowest BCUT2D eigenvalue weighted by Gasteiger charge is -2.26. The summed E-state index contributed by atoms with van der Waals surface area (Å²) in [7, 11) is 0. The van der Waals surface area contributed by atoms with Crippen LogP contribution < -0.4 is 14.4 Å². The van der Waals surface area contributed by atoms with Crippen molar-refractivity contribution in [3.63, 3.8) is 0 Å². The summed E-state index contributed by atoms with van der Waals surface area (Å²) in [6.07, 6.45) is 3.80. The normalized spacial score (nSPS) is 19.5. The first-order chi connectivity index (χ1) is 10.7. The second kappa shape index (κ2) is 7.01. The van der Waals surface area contributed by atoms with E-state index in [9.17, 15) is 4.79 Å². The van der Waals surface area contributed by atoms with E-state index in [1.54, 1.807) is 18.2 Å². The van der Waals surface area contributed by atoms with Crippen LogP contribution in [0.15, 0.2) is 18.2 Å². The lowest BCUT2D eigenvalue weighted by atomic mass is 10.1. The minimum absolute atomic E-state index is 0.0752. The van der Waals surface area contributed by atoms with Gasteiger partial charge in [-0.25, -0.2) is 4.79 Å². The van der Waals surface area contributed by atoms with Gasteiger partial charge in [0.1, 0.15) is 25.9 Å². The molecule has 0 saturated carbocycles. The molecule has 1 N–H and O–H groups in total. The van der Waals surface area contributed by atoms with Crippen molar-refractivity contribution in [3.05, 3.63) is 23.8 Å². The van der Waals surface area contributed by atoms with Crippen LogP contribution in [-0.4, -0.2) is 44.9 Å². The topological polar surface area (TPSA) is 49.2 Å². The molecule has 0 amide bonds. The van der Waals surface area contributed by atoms with Gasteiger partial charge in [0.15, 0.2) is 11.5 Å². The standard InChI is InChI=1S/C17H23NO4/c1-13(12-18-7-3-2-4-8-18)22-17(19)14-5-6-15-16(11-14)21-10-9-20-15/h5-6,11,13H,2-4,7-10,12H2,1H3/p+1. The number of piperidine rings is 1. The zero-order valence-electron chi connectivity index (χ0n) is 13.1. The number of benzene rings is 1. The van der Waals surface area contributed by atoms with Crippen molar-refractivity contribution in [2.75, 3.05) is 32.8 Å². The summed E-state index contributed by atoms with van der Waals surface area (Å²) in [4.78, 5) is 13.8.